The highest BCUT2D eigenvalue weighted by atomic mass is 16.5. The van der Waals surface area contributed by atoms with E-state index >= 15 is 0 Å². The number of carboxylic acid groups (broad SMARTS) is 1. The Bertz CT molecular complexity index is 582. The van der Waals surface area contributed by atoms with Crippen LogP contribution in [0.5, 0.6) is 5.75 Å². The summed E-state index contributed by atoms with van der Waals surface area (Å²) in [6.45, 7) is 0.271. The van der Waals surface area contributed by atoms with Crippen LogP contribution < -0.4 is 4.74 Å². The van der Waals surface area contributed by atoms with E-state index in [2.05, 4.69) is 9.97 Å². The van der Waals surface area contributed by atoms with Gasteiger partial charge in [-0.15, -0.1) is 0 Å². The number of benzene rings is 1. The standard InChI is InChI=1S/C14H12N2O3/c17-14(18)6-5-11-3-1-4-12(9-11)19-10-13-15-7-2-8-16-13/h1-9H,10H2,(H,17,18). The molecule has 96 valence electrons. The Hall–Kier alpha value is -2.69. The van der Waals surface area contributed by atoms with Crippen LogP contribution in [0, 0.1) is 0 Å². The SMILES string of the molecule is O=C(O)C=Cc1cccc(OCc2ncccn2)c1. The van der Waals surface area contributed by atoms with Crippen LogP contribution >= 0.6 is 0 Å². The third-order valence-electron chi connectivity index (χ3n) is 2.26. The molecule has 2 rings (SSSR count). The molecule has 0 fully saturated rings. The summed E-state index contributed by atoms with van der Waals surface area (Å²) in [4.78, 5) is 18.5. The number of carboxylic acids is 1. The van der Waals surface area contributed by atoms with Crippen molar-refractivity contribution in [1.82, 2.24) is 9.97 Å². The van der Waals surface area contributed by atoms with Gasteiger partial charge in [0.25, 0.3) is 0 Å². The fourth-order valence-corrected chi connectivity index (χ4v) is 1.43. The van der Waals surface area contributed by atoms with Gasteiger partial charge in [0.2, 0.25) is 0 Å². The molecule has 0 radical (unpaired) electrons. The van der Waals surface area contributed by atoms with Gasteiger partial charge in [-0.05, 0) is 29.8 Å². The van der Waals surface area contributed by atoms with Crippen LogP contribution in [0.1, 0.15) is 11.4 Å². The van der Waals surface area contributed by atoms with E-state index in [1.807, 2.05) is 0 Å². The second kappa shape index (κ2) is 6.30. The van der Waals surface area contributed by atoms with Gasteiger partial charge in [0.1, 0.15) is 12.4 Å². The molecule has 0 amide bonds. The predicted molar refractivity (Wildman–Crippen MR) is 69.5 cm³/mol. The molecule has 2 aromatic rings. The summed E-state index contributed by atoms with van der Waals surface area (Å²) in [5.74, 6) is 0.248. The van der Waals surface area contributed by atoms with E-state index < -0.39 is 5.97 Å². The molecule has 19 heavy (non-hydrogen) atoms. The van der Waals surface area contributed by atoms with E-state index in [1.54, 1.807) is 42.7 Å². The number of rotatable bonds is 5. The normalized spacial score (nSPS) is 10.5. The maximum Gasteiger partial charge on any atom is 0.328 e. The van der Waals surface area contributed by atoms with Crippen LogP contribution in [0.2, 0.25) is 0 Å². The second-order valence-corrected chi connectivity index (χ2v) is 3.70. The first-order valence-corrected chi connectivity index (χ1v) is 5.64. The van der Waals surface area contributed by atoms with Crippen molar-refractivity contribution in [1.29, 1.82) is 0 Å². The average molecular weight is 256 g/mol. The number of hydrogen-bond acceptors (Lipinski definition) is 4. The fraction of sp³-hybridized carbons (Fsp3) is 0.0714. The van der Waals surface area contributed by atoms with Gasteiger partial charge < -0.3 is 9.84 Å². The molecule has 0 aliphatic rings. The Labute approximate surface area is 110 Å². The summed E-state index contributed by atoms with van der Waals surface area (Å²) in [6.07, 6.45) is 5.89. The molecule has 0 saturated heterocycles. The largest absolute Gasteiger partial charge is 0.486 e. The van der Waals surface area contributed by atoms with Gasteiger partial charge >= 0.3 is 5.97 Å². The lowest BCUT2D eigenvalue weighted by Crippen LogP contribution is -2.00. The Kier molecular flexibility index (Phi) is 4.23. The third-order valence-corrected chi connectivity index (χ3v) is 2.26. The summed E-state index contributed by atoms with van der Waals surface area (Å²) in [5.41, 5.74) is 0.758. The summed E-state index contributed by atoms with van der Waals surface area (Å²) in [7, 11) is 0. The molecule has 5 heteroatoms. The first-order valence-electron chi connectivity index (χ1n) is 5.64. The number of aromatic nitrogens is 2. The first-order chi connectivity index (χ1) is 9.24. The fourth-order valence-electron chi connectivity index (χ4n) is 1.43. The van der Waals surface area contributed by atoms with Gasteiger partial charge in [-0.3, -0.25) is 0 Å². The van der Waals surface area contributed by atoms with E-state index in [1.165, 1.54) is 6.08 Å². The van der Waals surface area contributed by atoms with Gasteiger partial charge in [-0.25, -0.2) is 14.8 Å². The lowest BCUT2D eigenvalue weighted by atomic mass is 10.2. The van der Waals surface area contributed by atoms with Gasteiger partial charge in [0.15, 0.2) is 5.82 Å². The van der Waals surface area contributed by atoms with E-state index in [4.69, 9.17) is 9.84 Å². The number of aliphatic carboxylic acids is 1. The lowest BCUT2D eigenvalue weighted by molar-refractivity contribution is -0.131. The molecule has 5 nitrogen and oxygen atoms in total. The van der Waals surface area contributed by atoms with Crippen LogP contribution in [0.15, 0.2) is 48.8 Å². The third kappa shape index (κ3) is 4.23. The predicted octanol–water partition coefficient (Wildman–Crippen LogP) is 2.15. The molecule has 0 bridgehead atoms. The second-order valence-electron chi connectivity index (χ2n) is 3.70. The van der Waals surface area contributed by atoms with E-state index in [-0.39, 0.29) is 6.61 Å². The molecular weight excluding hydrogens is 244 g/mol. The zero-order valence-electron chi connectivity index (χ0n) is 10.1. The Morgan fingerprint density at radius 2 is 2.05 bits per heavy atom. The van der Waals surface area contributed by atoms with Gasteiger partial charge in [0, 0.05) is 18.5 Å². The van der Waals surface area contributed by atoms with Crippen LogP contribution in [0.3, 0.4) is 0 Å². The zero-order valence-corrected chi connectivity index (χ0v) is 10.1. The van der Waals surface area contributed by atoms with Gasteiger partial charge in [-0.1, -0.05) is 12.1 Å². The van der Waals surface area contributed by atoms with Crippen molar-refractivity contribution < 1.29 is 14.6 Å². The molecule has 1 aromatic heterocycles. The average Bonchev–Trinajstić information content (AvgIpc) is 2.44. The molecule has 0 atom stereocenters. The lowest BCUT2D eigenvalue weighted by Gasteiger charge is -2.05. The summed E-state index contributed by atoms with van der Waals surface area (Å²) in [5, 5.41) is 8.56. The molecule has 0 aliphatic carbocycles. The number of nitrogens with zero attached hydrogens (tertiary/aromatic N) is 2. The number of ether oxygens (including phenoxy) is 1. The maximum absolute atomic E-state index is 10.4. The monoisotopic (exact) mass is 256 g/mol. The molecule has 1 heterocycles. The smallest absolute Gasteiger partial charge is 0.328 e. The van der Waals surface area contributed by atoms with E-state index in [9.17, 15) is 4.79 Å². The minimum Gasteiger partial charge on any atom is -0.486 e. The summed E-state index contributed by atoms with van der Waals surface area (Å²) >= 11 is 0. The summed E-state index contributed by atoms with van der Waals surface area (Å²) in [6, 6.07) is 8.87. The Morgan fingerprint density at radius 3 is 2.79 bits per heavy atom. The molecule has 0 aliphatic heterocycles. The highest BCUT2D eigenvalue weighted by Crippen LogP contribution is 2.15. The van der Waals surface area contributed by atoms with Crippen molar-refractivity contribution in [3.63, 3.8) is 0 Å². The molecule has 0 spiro atoms. The minimum atomic E-state index is -0.982. The molecule has 0 unspecified atom stereocenters. The van der Waals surface area contributed by atoms with Crippen molar-refractivity contribution >= 4 is 12.0 Å². The number of hydrogen-bond donors (Lipinski definition) is 1. The van der Waals surface area contributed by atoms with Gasteiger partial charge in [-0.2, -0.15) is 0 Å². The van der Waals surface area contributed by atoms with Crippen molar-refractivity contribution in [2.24, 2.45) is 0 Å². The molecule has 0 saturated carbocycles. The van der Waals surface area contributed by atoms with Crippen LogP contribution in [-0.4, -0.2) is 21.0 Å². The van der Waals surface area contributed by atoms with Crippen LogP contribution in [-0.2, 0) is 11.4 Å². The quantitative estimate of drug-likeness (QED) is 0.830. The van der Waals surface area contributed by atoms with E-state index in [0.717, 1.165) is 11.6 Å². The molecule has 1 N–H and O–H groups in total. The van der Waals surface area contributed by atoms with Crippen molar-refractivity contribution in [2.45, 2.75) is 6.61 Å². The first kappa shape index (κ1) is 12.8. The summed E-state index contributed by atoms with van der Waals surface area (Å²) < 4.78 is 5.53. The van der Waals surface area contributed by atoms with E-state index in [0.29, 0.717) is 11.6 Å². The van der Waals surface area contributed by atoms with Crippen molar-refractivity contribution in [3.05, 3.63) is 60.2 Å². The topological polar surface area (TPSA) is 72.3 Å². The Morgan fingerprint density at radius 1 is 1.26 bits per heavy atom. The number of carbonyl (C=O) groups is 1. The van der Waals surface area contributed by atoms with Gasteiger partial charge in [0.05, 0.1) is 0 Å². The molecule has 1 aromatic carbocycles. The van der Waals surface area contributed by atoms with Crippen LogP contribution in [0.4, 0.5) is 0 Å². The van der Waals surface area contributed by atoms with Crippen LogP contribution in [0.25, 0.3) is 6.08 Å². The highest BCUT2D eigenvalue weighted by molar-refractivity contribution is 5.85. The van der Waals surface area contributed by atoms with Crippen molar-refractivity contribution in [2.75, 3.05) is 0 Å². The maximum atomic E-state index is 10.4. The van der Waals surface area contributed by atoms with Crippen molar-refractivity contribution in [3.8, 4) is 5.75 Å². The highest BCUT2D eigenvalue weighted by Gasteiger charge is 1.98. The minimum absolute atomic E-state index is 0.271. The Balaban J connectivity index is 2.01. The molecular formula is C14H12N2O3. The zero-order chi connectivity index (χ0) is 13.5.